The van der Waals surface area contributed by atoms with E-state index in [2.05, 4.69) is 52.9 Å². The molecule has 1 aliphatic heterocycles. The van der Waals surface area contributed by atoms with Crippen LogP contribution in [0.4, 0.5) is 11.5 Å². The van der Waals surface area contributed by atoms with E-state index in [-0.39, 0.29) is 12.1 Å². The number of rotatable bonds is 2. The molecule has 2 atom stereocenters. The van der Waals surface area contributed by atoms with Crippen molar-refractivity contribution in [2.45, 2.75) is 25.9 Å². The summed E-state index contributed by atoms with van der Waals surface area (Å²) in [5, 5.41) is 12.3. The molecule has 152 valence electrons. The van der Waals surface area contributed by atoms with E-state index in [1.165, 1.54) is 0 Å². The molecule has 1 unspecified atom stereocenters. The number of benzene rings is 1. The van der Waals surface area contributed by atoms with E-state index >= 15 is 0 Å². The number of aryl methyl sites for hydroxylation is 1. The van der Waals surface area contributed by atoms with Crippen LogP contribution in [0.2, 0.25) is 0 Å². The molecule has 4 aromatic rings. The minimum absolute atomic E-state index is 0.0688. The second-order valence-electron chi connectivity index (χ2n) is 7.42. The van der Waals surface area contributed by atoms with Gasteiger partial charge in [0.2, 0.25) is 5.69 Å². The van der Waals surface area contributed by atoms with Crippen molar-refractivity contribution in [1.29, 1.82) is 0 Å². The van der Waals surface area contributed by atoms with E-state index in [1.54, 1.807) is 24.7 Å². The SMILES string of the molecule is [C-]#[N+]c1ccc(C2N[C@@H](C)c3nnc(C)n3-c3ccc(-c4cnc(N)cn4)cc32)nc1. The second-order valence-corrected chi connectivity index (χ2v) is 7.42. The lowest BCUT2D eigenvalue weighted by Crippen LogP contribution is -2.25. The van der Waals surface area contributed by atoms with Gasteiger partial charge in [-0.2, -0.15) is 0 Å². The van der Waals surface area contributed by atoms with Crippen LogP contribution in [0.1, 0.15) is 41.9 Å². The summed E-state index contributed by atoms with van der Waals surface area (Å²) < 4.78 is 2.07. The fraction of sp³-hybridized carbons (Fsp3) is 0.182. The fourth-order valence-corrected chi connectivity index (χ4v) is 3.89. The first-order valence-corrected chi connectivity index (χ1v) is 9.78. The van der Waals surface area contributed by atoms with Crippen molar-refractivity contribution in [2.24, 2.45) is 0 Å². The molecule has 31 heavy (non-hydrogen) atoms. The highest BCUT2D eigenvalue weighted by atomic mass is 15.3. The molecule has 9 heteroatoms. The highest BCUT2D eigenvalue weighted by Gasteiger charge is 2.30. The van der Waals surface area contributed by atoms with Crippen LogP contribution < -0.4 is 11.1 Å². The van der Waals surface area contributed by atoms with Crippen molar-refractivity contribution >= 4 is 11.5 Å². The molecule has 1 aromatic carbocycles. The van der Waals surface area contributed by atoms with Gasteiger partial charge in [0.05, 0.1) is 48.1 Å². The third kappa shape index (κ3) is 3.19. The summed E-state index contributed by atoms with van der Waals surface area (Å²) >= 11 is 0. The van der Waals surface area contributed by atoms with E-state index in [0.29, 0.717) is 11.5 Å². The average Bonchev–Trinajstić information content (AvgIpc) is 3.13. The van der Waals surface area contributed by atoms with E-state index in [1.807, 2.05) is 25.1 Å². The summed E-state index contributed by atoms with van der Waals surface area (Å²) in [6.07, 6.45) is 4.81. The number of aromatic nitrogens is 6. The van der Waals surface area contributed by atoms with Gasteiger partial charge in [-0.05, 0) is 37.6 Å². The largest absolute Gasteiger partial charge is 0.382 e. The Morgan fingerprint density at radius 3 is 2.65 bits per heavy atom. The molecule has 1 aliphatic rings. The Morgan fingerprint density at radius 2 is 1.94 bits per heavy atom. The zero-order valence-electron chi connectivity index (χ0n) is 17.0. The Kier molecular flexibility index (Phi) is 4.42. The summed E-state index contributed by atoms with van der Waals surface area (Å²) in [5.41, 5.74) is 10.6. The molecule has 0 aliphatic carbocycles. The van der Waals surface area contributed by atoms with Gasteiger partial charge in [0.1, 0.15) is 11.6 Å². The Bertz CT molecular complexity index is 1300. The van der Waals surface area contributed by atoms with Gasteiger partial charge in [0.15, 0.2) is 5.82 Å². The van der Waals surface area contributed by atoms with Crippen molar-refractivity contribution in [2.75, 3.05) is 5.73 Å². The molecule has 9 nitrogen and oxygen atoms in total. The van der Waals surface area contributed by atoms with Crippen LogP contribution in [0.15, 0.2) is 48.9 Å². The van der Waals surface area contributed by atoms with Crippen molar-refractivity contribution in [3.8, 4) is 16.9 Å². The standard InChI is InChI=1S/C22H19N9/c1-12-22-30-29-13(2)31(22)19-7-4-14(18-10-27-20(23)11-26-18)8-16(19)21(28-12)17-6-5-15(24-3)9-25-17/h4-12,21,28H,1-2H3,(H2,23,27)/t12-,21?/m0/s1. The third-order valence-electron chi connectivity index (χ3n) is 5.40. The predicted octanol–water partition coefficient (Wildman–Crippen LogP) is 3.31. The van der Waals surface area contributed by atoms with Gasteiger partial charge >= 0.3 is 0 Å². The number of hydrogen-bond acceptors (Lipinski definition) is 7. The highest BCUT2D eigenvalue weighted by molar-refractivity contribution is 5.65. The molecule has 0 saturated heterocycles. The van der Waals surface area contributed by atoms with Gasteiger partial charge in [-0.1, -0.05) is 12.1 Å². The van der Waals surface area contributed by atoms with E-state index < -0.39 is 0 Å². The summed E-state index contributed by atoms with van der Waals surface area (Å²) in [6, 6.07) is 9.52. The average molecular weight is 409 g/mol. The van der Waals surface area contributed by atoms with E-state index in [0.717, 1.165) is 39.9 Å². The minimum Gasteiger partial charge on any atom is -0.382 e. The highest BCUT2D eigenvalue weighted by Crippen LogP contribution is 2.36. The Hall–Kier alpha value is -4.16. The van der Waals surface area contributed by atoms with Crippen LogP contribution in [-0.2, 0) is 0 Å². The number of fused-ring (bicyclic) bond motifs is 3. The van der Waals surface area contributed by atoms with Gasteiger partial charge < -0.3 is 5.73 Å². The lowest BCUT2D eigenvalue weighted by Gasteiger charge is -2.21. The smallest absolute Gasteiger partial charge is 0.205 e. The number of nitrogens with two attached hydrogens (primary N) is 1. The molecule has 0 spiro atoms. The Balaban J connectivity index is 1.72. The van der Waals surface area contributed by atoms with Crippen LogP contribution in [0.3, 0.4) is 0 Å². The van der Waals surface area contributed by atoms with Gasteiger partial charge in [-0.25, -0.2) is 9.83 Å². The summed E-state index contributed by atoms with van der Waals surface area (Å²) in [6.45, 7) is 11.2. The van der Waals surface area contributed by atoms with Crippen molar-refractivity contribution in [1.82, 2.24) is 35.0 Å². The molecule has 4 heterocycles. The first-order chi connectivity index (χ1) is 15.0. The molecule has 3 aromatic heterocycles. The second kappa shape index (κ2) is 7.27. The molecule has 0 radical (unpaired) electrons. The van der Waals surface area contributed by atoms with E-state index in [9.17, 15) is 0 Å². The minimum atomic E-state index is -0.215. The summed E-state index contributed by atoms with van der Waals surface area (Å²) in [5.74, 6) is 2.02. The first-order valence-electron chi connectivity index (χ1n) is 9.78. The van der Waals surface area contributed by atoms with Crippen LogP contribution in [-0.4, -0.2) is 29.7 Å². The maximum Gasteiger partial charge on any atom is 0.205 e. The van der Waals surface area contributed by atoms with Crippen molar-refractivity contribution < 1.29 is 0 Å². The lowest BCUT2D eigenvalue weighted by molar-refractivity contribution is 0.497. The van der Waals surface area contributed by atoms with Gasteiger partial charge in [-0.3, -0.25) is 19.9 Å². The topological polar surface area (TPSA) is 112 Å². The van der Waals surface area contributed by atoms with Crippen LogP contribution in [0, 0.1) is 13.5 Å². The quantitative estimate of drug-likeness (QED) is 0.489. The maximum atomic E-state index is 7.20. The zero-order chi connectivity index (χ0) is 21.5. The summed E-state index contributed by atoms with van der Waals surface area (Å²) in [7, 11) is 0. The molecule has 0 bridgehead atoms. The van der Waals surface area contributed by atoms with Gasteiger partial charge in [0, 0.05) is 11.8 Å². The van der Waals surface area contributed by atoms with Gasteiger partial charge in [0.25, 0.3) is 0 Å². The van der Waals surface area contributed by atoms with Crippen molar-refractivity contribution in [3.05, 3.63) is 83.2 Å². The Labute approximate surface area is 178 Å². The predicted molar refractivity (Wildman–Crippen MR) is 115 cm³/mol. The van der Waals surface area contributed by atoms with Crippen molar-refractivity contribution in [3.63, 3.8) is 0 Å². The lowest BCUT2D eigenvalue weighted by atomic mass is 9.97. The van der Waals surface area contributed by atoms with Gasteiger partial charge in [-0.15, -0.1) is 10.2 Å². The number of nitrogens with zero attached hydrogens (tertiary/aromatic N) is 7. The number of pyridine rings is 1. The third-order valence-corrected chi connectivity index (χ3v) is 5.40. The molecular formula is C22H19N9. The zero-order valence-corrected chi connectivity index (χ0v) is 17.0. The molecule has 3 N–H and O–H groups in total. The molecule has 5 rings (SSSR count). The van der Waals surface area contributed by atoms with Crippen LogP contribution >= 0.6 is 0 Å². The van der Waals surface area contributed by atoms with Crippen LogP contribution in [0.5, 0.6) is 0 Å². The molecule has 0 saturated carbocycles. The number of nitrogens with one attached hydrogen (secondary N) is 1. The summed E-state index contributed by atoms with van der Waals surface area (Å²) in [4.78, 5) is 16.6. The van der Waals surface area contributed by atoms with E-state index in [4.69, 9.17) is 12.3 Å². The monoisotopic (exact) mass is 409 g/mol. The molecular weight excluding hydrogens is 390 g/mol. The first kappa shape index (κ1) is 18.8. The number of hydrogen-bond donors (Lipinski definition) is 2. The molecule has 0 fully saturated rings. The number of anilines is 1. The Morgan fingerprint density at radius 1 is 1.06 bits per heavy atom. The fourth-order valence-electron chi connectivity index (χ4n) is 3.89. The normalized spacial score (nSPS) is 17.3. The van der Waals surface area contributed by atoms with Crippen LogP contribution in [0.25, 0.3) is 21.8 Å². The molecule has 0 amide bonds. The number of nitrogen functional groups attached to an aromatic ring is 1. The maximum absolute atomic E-state index is 7.20.